The first kappa shape index (κ1) is 66.7. The number of hydrogen-bond donors (Lipinski definition) is 9. The van der Waals surface area contributed by atoms with Crippen LogP contribution in [0.2, 0.25) is 0 Å². The molecule has 478 valence electrons. The lowest BCUT2D eigenvalue weighted by Gasteiger charge is -2.30. The Morgan fingerprint density at radius 3 is 2.20 bits per heavy atom. The number of hydrogen-bond acceptors (Lipinski definition) is 16. The minimum absolute atomic E-state index is 0.0265. The predicted octanol–water partition coefficient (Wildman–Crippen LogP) is 8.77. The van der Waals surface area contributed by atoms with Gasteiger partial charge < -0.3 is 30.9 Å². The van der Waals surface area contributed by atoms with Crippen molar-refractivity contribution in [3.05, 3.63) is 187 Å². The van der Waals surface area contributed by atoms with Gasteiger partial charge in [0.05, 0.1) is 39.7 Å². The Hall–Kier alpha value is -7.76. The molecule has 0 saturated heterocycles. The zero-order chi connectivity index (χ0) is 65.1. The van der Waals surface area contributed by atoms with Crippen molar-refractivity contribution in [2.75, 3.05) is 34.0 Å². The average Bonchev–Trinajstić information content (AvgIpc) is 1.60. The van der Waals surface area contributed by atoms with Crippen LogP contribution in [-0.4, -0.2) is 109 Å². The zero-order valence-electron chi connectivity index (χ0n) is 49.9. The Bertz CT molecular complexity index is 4340. The molecule has 0 fully saturated rings. The monoisotopic (exact) mass is 1310 g/mol. The summed E-state index contributed by atoms with van der Waals surface area (Å²) in [6, 6.07) is 22.2. The molecule has 4 atom stereocenters. The molecule has 6 aromatic rings. The molecule has 4 aromatic carbocycles. The fraction of sp³-hybridized carbons (Fsp3) is 0.365. The minimum atomic E-state index is -4.58. The Morgan fingerprint density at radius 1 is 0.844 bits per heavy atom. The van der Waals surface area contributed by atoms with E-state index >= 15 is 0 Å². The molecule has 3 aliphatic rings. The number of amides is 1. The number of aromatic amines is 1. The predicted molar refractivity (Wildman–Crippen MR) is 342 cm³/mol. The van der Waals surface area contributed by atoms with Crippen LogP contribution in [0.1, 0.15) is 129 Å². The number of H-pyrrole nitrogens is 1. The Morgan fingerprint density at radius 2 is 1.53 bits per heavy atom. The first-order valence-corrected chi connectivity index (χ1v) is 35.0. The summed E-state index contributed by atoms with van der Waals surface area (Å²) in [5.74, 6) is -3.05. The number of nitrogens with two attached hydrogens (primary N) is 1. The number of nitrogen functional groups attached to an aromatic ring is 1. The number of aromatic nitrogens is 4. The van der Waals surface area contributed by atoms with Crippen molar-refractivity contribution in [1.29, 1.82) is 0 Å². The van der Waals surface area contributed by atoms with Crippen molar-refractivity contribution in [3.8, 4) is 0 Å². The van der Waals surface area contributed by atoms with Gasteiger partial charge in [0.2, 0.25) is 5.95 Å². The molecule has 9 rings (SSSR count). The highest BCUT2D eigenvalue weighted by Gasteiger charge is 2.45. The van der Waals surface area contributed by atoms with E-state index in [1.807, 2.05) is 61.2 Å². The fourth-order valence-corrected chi connectivity index (χ4v) is 14.6. The second-order valence-corrected chi connectivity index (χ2v) is 29.5. The Balaban J connectivity index is 1.01. The van der Waals surface area contributed by atoms with Crippen molar-refractivity contribution in [2.24, 2.45) is 5.92 Å². The van der Waals surface area contributed by atoms with Gasteiger partial charge in [-0.1, -0.05) is 82.7 Å². The van der Waals surface area contributed by atoms with Crippen LogP contribution >= 0.6 is 0 Å². The van der Waals surface area contributed by atoms with Crippen LogP contribution in [0.4, 0.5) is 17.3 Å². The lowest BCUT2D eigenvalue weighted by molar-refractivity contribution is -0.139. The lowest BCUT2D eigenvalue weighted by Crippen LogP contribution is -2.42. The fourth-order valence-electron chi connectivity index (χ4n) is 12.5. The highest BCUT2D eigenvalue weighted by atomic mass is 32.2. The molecule has 0 spiro atoms. The van der Waals surface area contributed by atoms with Gasteiger partial charge >= 0.3 is 5.97 Å². The summed E-state index contributed by atoms with van der Waals surface area (Å²) in [5.41, 5.74) is 13.6. The van der Waals surface area contributed by atoms with Crippen LogP contribution in [0.3, 0.4) is 0 Å². The van der Waals surface area contributed by atoms with Crippen molar-refractivity contribution >= 4 is 81.8 Å². The number of carbonyl (C=O) groups excluding carboxylic acids is 1. The summed E-state index contributed by atoms with van der Waals surface area (Å²) < 4.78 is 123. The molecule has 10 N–H and O–H groups in total. The van der Waals surface area contributed by atoms with Crippen molar-refractivity contribution in [2.45, 2.75) is 131 Å². The van der Waals surface area contributed by atoms with E-state index in [1.54, 1.807) is 42.5 Å². The summed E-state index contributed by atoms with van der Waals surface area (Å²) in [5, 5.41) is 16.2. The van der Waals surface area contributed by atoms with E-state index < -0.39 is 81.5 Å². The van der Waals surface area contributed by atoms with Crippen LogP contribution < -0.4 is 26.8 Å². The van der Waals surface area contributed by atoms with Crippen molar-refractivity contribution in [1.82, 2.24) is 25.3 Å². The summed E-state index contributed by atoms with van der Waals surface area (Å²) in [6.07, 6.45) is 14.0. The molecule has 2 aromatic heterocycles. The highest BCUT2D eigenvalue weighted by molar-refractivity contribution is 7.86. The molecule has 0 radical (unpaired) electrons. The lowest BCUT2D eigenvalue weighted by atomic mass is 9.74. The van der Waals surface area contributed by atoms with E-state index in [0.29, 0.717) is 73.3 Å². The first-order chi connectivity index (χ1) is 42.4. The SMILES string of the molecule is CC1(C)/C(=C\C=C2/CCCC(/C=C/C3C(CCCCS(=O)(=O)O)c4ccc(S(=O)O)cc4C3(C)C)=C2Cc2ccc(C[C@H](NC(=O)c3ccc(NCc4cnc5nc(N)[nH]c(=O)c5n4)cc3)C(=O)O)cc2)N(CCCCS(=O)(=O)O)c2ccc(S(=O)(=O)O)cc21. The minimum Gasteiger partial charge on any atom is -0.480 e. The highest BCUT2D eigenvalue weighted by Crippen LogP contribution is 2.54. The van der Waals surface area contributed by atoms with Gasteiger partial charge in [-0.05, 0) is 174 Å². The molecule has 0 saturated carbocycles. The number of carbonyl (C=O) groups is 2. The molecule has 0 bridgehead atoms. The third-order valence-electron chi connectivity index (χ3n) is 17.1. The van der Waals surface area contributed by atoms with E-state index in [0.717, 1.165) is 45.5 Å². The molecule has 23 nitrogen and oxygen atoms in total. The first-order valence-electron chi connectivity index (χ1n) is 29.2. The summed E-state index contributed by atoms with van der Waals surface area (Å²) in [7, 11) is -13.0. The maximum atomic E-state index is 13.5. The summed E-state index contributed by atoms with van der Waals surface area (Å²) in [6.45, 7) is 8.52. The molecule has 1 aliphatic heterocycles. The summed E-state index contributed by atoms with van der Waals surface area (Å²) in [4.78, 5) is 55.4. The average molecular weight is 1310 g/mol. The largest absolute Gasteiger partial charge is 0.480 e. The van der Waals surface area contributed by atoms with Crippen molar-refractivity contribution < 1.29 is 62.4 Å². The number of carboxylic acids is 1. The maximum Gasteiger partial charge on any atom is 0.326 e. The smallest absolute Gasteiger partial charge is 0.326 e. The van der Waals surface area contributed by atoms with Gasteiger partial charge in [0.15, 0.2) is 22.2 Å². The molecule has 1 amide bonds. The molecule has 27 heteroatoms. The van der Waals surface area contributed by atoms with Crippen LogP contribution in [0.25, 0.3) is 11.2 Å². The third-order valence-corrected chi connectivity index (χ3v) is 20.2. The zero-order valence-corrected chi connectivity index (χ0v) is 53.2. The number of nitrogens with zero attached hydrogens (tertiary/aromatic N) is 4. The topological polar surface area (TPSA) is 380 Å². The van der Waals surface area contributed by atoms with Gasteiger partial charge in [-0.25, -0.2) is 19.0 Å². The van der Waals surface area contributed by atoms with Gasteiger partial charge in [0, 0.05) is 41.0 Å². The van der Waals surface area contributed by atoms with E-state index in [1.165, 1.54) is 18.3 Å². The van der Waals surface area contributed by atoms with E-state index in [2.05, 4.69) is 56.6 Å². The molecular weight excluding hydrogens is 1240 g/mol. The molecule has 2 aliphatic carbocycles. The molecule has 90 heavy (non-hydrogen) atoms. The van der Waals surface area contributed by atoms with Gasteiger partial charge in [0.1, 0.15) is 6.04 Å². The number of unbranched alkanes of at least 4 members (excludes halogenated alkanes) is 2. The number of nitrogens with one attached hydrogen (secondary N) is 3. The van der Waals surface area contributed by atoms with Gasteiger partial charge in [-0.2, -0.15) is 30.2 Å². The molecule has 3 unspecified atom stereocenters. The number of benzene rings is 4. The number of fused-ring (bicyclic) bond motifs is 3. The summed E-state index contributed by atoms with van der Waals surface area (Å²) >= 11 is -2.24. The maximum absolute atomic E-state index is 13.5. The van der Waals surface area contributed by atoms with Crippen LogP contribution in [0.15, 0.2) is 152 Å². The van der Waals surface area contributed by atoms with Gasteiger partial charge in [-0.3, -0.25) is 28.2 Å². The number of allylic oxidation sites excluding steroid dienone is 8. The Kier molecular flexibility index (Phi) is 20.0. The van der Waals surface area contributed by atoms with E-state index in [-0.39, 0.29) is 75.9 Å². The number of aliphatic carboxylic acids is 1. The number of anilines is 3. The number of rotatable bonds is 25. The van der Waals surface area contributed by atoms with Gasteiger partial charge in [0.25, 0.3) is 41.8 Å². The normalized spacial score (nSPS) is 18.9. The van der Waals surface area contributed by atoms with E-state index in [9.17, 15) is 67.2 Å². The molecular formula is C63H72N8O15S4. The van der Waals surface area contributed by atoms with Crippen molar-refractivity contribution in [3.63, 3.8) is 0 Å². The van der Waals surface area contributed by atoms with Crippen LogP contribution in [-0.2, 0) is 76.4 Å². The number of carboxylic acid groups (broad SMARTS) is 1. The Labute approximate surface area is 524 Å². The molecule has 3 heterocycles. The quantitative estimate of drug-likeness (QED) is 0.0147. The van der Waals surface area contributed by atoms with Gasteiger partial charge in [-0.15, -0.1) is 0 Å². The third kappa shape index (κ3) is 15.9. The second-order valence-electron chi connectivity index (χ2n) is 24.0. The van der Waals surface area contributed by atoms with Crippen LogP contribution in [0.5, 0.6) is 0 Å². The standard InChI is InChI=1S/C63H72N8O15S4/c1-62(2)50(47(12-5-7-30-88(78,79)80)48-25-23-45(87(76)77)34-51(48)62)26-19-40-10-9-11-41(20-28-55-63(3,4)52-35-46(90(84,85)86)24-27-54(52)71(55)29-6-8-31-89(81,82)83)49(40)32-38-13-15-39(16-14-38)33-53(60(74)75)68-58(72)42-17-21-43(22-18-42)65-36-44-37-66-57-56(67-44)59(73)70-61(64)69-57/h13-28,34-35,37,47,50,53,65H,5-12,29-33,36H2,1-4H3,(H,68,72)(H,74,75)(H,76,77)(H,78,79,80)(H,81,82,83)(H,84,85,86)(H3,64,66,69,70,73)/b26-19+,41-20+,55-28+/t47?,50?,53-/m0/s1. The van der Waals surface area contributed by atoms with Crippen LogP contribution in [0, 0.1) is 5.92 Å². The second kappa shape index (κ2) is 27.0. The van der Waals surface area contributed by atoms with E-state index in [4.69, 9.17) is 5.73 Å².